The number of aryl methyl sites for hydroxylation is 2. The van der Waals surface area contributed by atoms with Gasteiger partial charge >= 0.3 is 0 Å². The van der Waals surface area contributed by atoms with Crippen LogP contribution in [0.5, 0.6) is 10.9 Å². The summed E-state index contributed by atoms with van der Waals surface area (Å²) in [6, 6.07) is 14.6. The fourth-order valence-electron chi connectivity index (χ4n) is 3.95. The van der Waals surface area contributed by atoms with E-state index in [1.807, 2.05) is 18.5 Å². The van der Waals surface area contributed by atoms with Crippen LogP contribution in [0.4, 0.5) is 5.69 Å². The highest BCUT2D eigenvalue weighted by atomic mass is 32.1. The van der Waals surface area contributed by atoms with Crippen LogP contribution < -0.4 is 4.74 Å². The van der Waals surface area contributed by atoms with E-state index in [-0.39, 0.29) is 5.92 Å². The fraction of sp³-hybridized carbons (Fsp3) is 0.400. The summed E-state index contributed by atoms with van der Waals surface area (Å²) in [4.78, 5) is 11.7. The molecule has 1 atom stereocenters. The van der Waals surface area contributed by atoms with Gasteiger partial charge in [-0.05, 0) is 68.4 Å². The van der Waals surface area contributed by atoms with Crippen molar-refractivity contribution in [3.63, 3.8) is 0 Å². The van der Waals surface area contributed by atoms with Gasteiger partial charge in [-0.2, -0.15) is 9.36 Å². The largest absolute Gasteiger partial charge is 0.430 e. The van der Waals surface area contributed by atoms with E-state index in [0.29, 0.717) is 5.19 Å². The maximum atomic E-state index is 6.13. The van der Waals surface area contributed by atoms with Crippen molar-refractivity contribution < 1.29 is 4.74 Å². The van der Waals surface area contributed by atoms with E-state index in [1.54, 1.807) is 0 Å². The van der Waals surface area contributed by atoms with E-state index < -0.39 is 0 Å². The lowest BCUT2D eigenvalue weighted by atomic mass is 9.96. The standard InChI is InChI=1S/C25H30N4OS/c1-4-21(20-11-7-5-8-12-20)24-27-25(31-28-24)30-23-16-18(2)22(15-19(23)3)26-17-29-13-9-6-10-14-29/h5,7-8,11-12,15-17,21H,4,6,9-10,13-14H2,1-3H3/b26-17-. The third-order valence-electron chi connectivity index (χ3n) is 5.79. The number of hydrogen-bond donors (Lipinski definition) is 0. The van der Waals surface area contributed by atoms with Gasteiger partial charge in [0.2, 0.25) is 0 Å². The van der Waals surface area contributed by atoms with Crippen LogP contribution in [0, 0.1) is 13.8 Å². The fourth-order valence-corrected chi connectivity index (χ4v) is 4.55. The van der Waals surface area contributed by atoms with Crippen LogP contribution in [0.15, 0.2) is 47.5 Å². The number of rotatable bonds is 7. The number of hydrogen-bond acceptors (Lipinski definition) is 5. The first kappa shape index (κ1) is 21.5. The Morgan fingerprint density at radius 3 is 2.61 bits per heavy atom. The highest BCUT2D eigenvalue weighted by Crippen LogP contribution is 2.34. The lowest BCUT2D eigenvalue weighted by Crippen LogP contribution is -2.28. The summed E-state index contributed by atoms with van der Waals surface area (Å²) in [5.41, 5.74) is 4.36. The lowest BCUT2D eigenvalue weighted by Gasteiger charge is -2.23. The molecule has 5 nitrogen and oxygen atoms in total. The number of aromatic nitrogens is 2. The number of likely N-dealkylation sites (tertiary alicyclic amines) is 1. The van der Waals surface area contributed by atoms with Crippen LogP contribution in [0.25, 0.3) is 0 Å². The van der Waals surface area contributed by atoms with Gasteiger partial charge in [-0.1, -0.05) is 37.3 Å². The van der Waals surface area contributed by atoms with Crippen molar-refractivity contribution >= 4 is 23.6 Å². The van der Waals surface area contributed by atoms with E-state index in [4.69, 9.17) is 14.7 Å². The van der Waals surface area contributed by atoms with Gasteiger partial charge in [0.05, 0.1) is 12.0 Å². The Morgan fingerprint density at radius 1 is 1.10 bits per heavy atom. The predicted octanol–water partition coefficient (Wildman–Crippen LogP) is 6.63. The predicted molar refractivity (Wildman–Crippen MR) is 128 cm³/mol. The average molecular weight is 435 g/mol. The summed E-state index contributed by atoms with van der Waals surface area (Å²) in [6.45, 7) is 8.49. The summed E-state index contributed by atoms with van der Waals surface area (Å²) in [5.74, 6) is 1.82. The third kappa shape index (κ3) is 5.31. The highest BCUT2D eigenvalue weighted by molar-refractivity contribution is 7.07. The van der Waals surface area contributed by atoms with E-state index in [9.17, 15) is 0 Å². The summed E-state index contributed by atoms with van der Waals surface area (Å²) < 4.78 is 10.7. The Morgan fingerprint density at radius 2 is 1.87 bits per heavy atom. The van der Waals surface area contributed by atoms with Gasteiger partial charge in [0.15, 0.2) is 5.82 Å². The zero-order valence-corrected chi connectivity index (χ0v) is 19.4. The summed E-state index contributed by atoms with van der Waals surface area (Å²) in [7, 11) is 0. The average Bonchev–Trinajstić information content (AvgIpc) is 3.25. The molecule has 1 saturated heterocycles. The Balaban J connectivity index is 1.48. The van der Waals surface area contributed by atoms with Crippen molar-refractivity contribution in [2.75, 3.05) is 13.1 Å². The van der Waals surface area contributed by atoms with Gasteiger partial charge in [0, 0.05) is 30.5 Å². The molecule has 31 heavy (non-hydrogen) atoms. The van der Waals surface area contributed by atoms with Gasteiger partial charge in [-0.3, -0.25) is 0 Å². The van der Waals surface area contributed by atoms with Crippen molar-refractivity contribution in [1.29, 1.82) is 0 Å². The van der Waals surface area contributed by atoms with Crippen molar-refractivity contribution in [3.8, 4) is 10.9 Å². The van der Waals surface area contributed by atoms with E-state index >= 15 is 0 Å². The topological polar surface area (TPSA) is 50.6 Å². The molecule has 1 aliphatic rings. The van der Waals surface area contributed by atoms with Gasteiger partial charge in [0.1, 0.15) is 5.75 Å². The lowest BCUT2D eigenvalue weighted by molar-refractivity contribution is 0.351. The van der Waals surface area contributed by atoms with Gasteiger partial charge in [0.25, 0.3) is 5.19 Å². The molecule has 0 spiro atoms. The van der Waals surface area contributed by atoms with E-state index in [0.717, 1.165) is 47.9 Å². The molecule has 2 heterocycles. The zero-order valence-electron chi connectivity index (χ0n) is 18.5. The highest BCUT2D eigenvalue weighted by Gasteiger charge is 2.18. The molecule has 3 aromatic rings. The Bertz CT molecular complexity index is 1030. The van der Waals surface area contributed by atoms with Crippen LogP contribution >= 0.6 is 11.5 Å². The van der Waals surface area contributed by atoms with E-state index in [1.165, 1.54) is 36.4 Å². The molecule has 6 heteroatoms. The maximum Gasteiger partial charge on any atom is 0.298 e. The molecule has 162 valence electrons. The van der Waals surface area contributed by atoms with Crippen LogP contribution in [0.3, 0.4) is 0 Å². The molecular formula is C25H30N4OS. The van der Waals surface area contributed by atoms with Crippen molar-refractivity contribution in [1.82, 2.24) is 14.3 Å². The molecule has 0 amide bonds. The van der Waals surface area contributed by atoms with Crippen LogP contribution in [-0.4, -0.2) is 33.7 Å². The molecule has 0 bridgehead atoms. The normalized spacial score (nSPS) is 15.4. The molecule has 0 saturated carbocycles. The molecule has 0 N–H and O–H groups in total. The number of benzene rings is 2. The zero-order chi connectivity index (χ0) is 21.6. The van der Waals surface area contributed by atoms with Crippen molar-refractivity contribution in [2.45, 2.75) is 52.4 Å². The smallest absolute Gasteiger partial charge is 0.298 e. The van der Waals surface area contributed by atoms with E-state index in [2.05, 4.69) is 60.4 Å². The molecule has 1 aliphatic heterocycles. The third-order valence-corrected chi connectivity index (χ3v) is 6.40. The number of aliphatic imine (C=N–C) groups is 1. The molecule has 0 radical (unpaired) electrons. The van der Waals surface area contributed by atoms with Crippen LogP contribution in [0.1, 0.15) is 61.0 Å². The summed E-state index contributed by atoms with van der Waals surface area (Å²) in [6.07, 6.45) is 6.77. The van der Waals surface area contributed by atoms with Crippen LogP contribution in [-0.2, 0) is 0 Å². The number of nitrogens with zero attached hydrogens (tertiary/aromatic N) is 4. The van der Waals surface area contributed by atoms with Gasteiger partial charge < -0.3 is 9.64 Å². The SMILES string of the molecule is CCC(c1ccccc1)c1nsc(Oc2cc(C)c(/N=C\N3CCCCC3)cc2C)n1. The second-order valence-electron chi connectivity index (χ2n) is 8.14. The first-order valence-electron chi connectivity index (χ1n) is 11.1. The van der Waals surface area contributed by atoms with Crippen LogP contribution in [0.2, 0.25) is 0 Å². The van der Waals surface area contributed by atoms with Gasteiger partial charge in [-0.25, -0.2) is 4.99 Å². The monoisotopic (exact) mass is 434 g/mol. The second kappa shape index (κ2) is 10.1. The quantitative estimate of drug-likeness (QED) is 0.309. The molecule has 2 aromatic carbocycles. The molecule has 1 unspecified atom stereocenters. The minimum Gasteiger partial charge on any atom is -0.430 e. The second-order valence-corrected chi connectivity index (χ2v) is 8.85. The molecule has 4 rings (SSSR count). The maximum absolute atomic E-state index is 6.13. The van der Waals surface area contributed by atoms with Gasteiger partial charge in [-0.15, -0.1) is 0 Å². The minimum absolute atomic E-state index is 0.184. The molecule has 0 aliphatic carbocycles. The Labute approximate surface area is 189 Å². The minimum atomic E-state index is 0.184. The number of ether oxygens (including phenoxy) is 1. The number of piperidine rings is 1. The molecular weight excluding hydrogens is 404 g/mol. The molecule has 1 aromatic heterocycles. The first-order valence-corrected chi connectivity index (χ1v) is 11.9. The van der Waals surface area contributed by atoms with Crippen molar-refractivity contribution in [3.05, 3.63) is 65.0 Å². The Kier molecular flexibility index (Phi) is 6.97. The first-order chi connectivity index (χ1) is 15.1. The molecule has 1 fully saturated rings. The van der Waals surface area contributed by atoms with Crippen molar-refractivity contribution in [2.24, 2.45) is 4.99 Å². The summed E-state index contributed by atoms with van der Waals surface area (Å²) in [5, 5.41) is 0.580. The Hall–Kier alpha value is -2.73. The summed E-state index contributed by atoms with van der Waals surface area (Å²) >= 11 is 1.31.